The monoisotopic (exact) mass is 328 g/mol. The highest BCUT2D eigenvalue weighted by molar-refractivity contribution is 5.80. The lowest BCUT2D eigenvalue weighted by Gasteiger charge is -2.30. The molecule has 24 heavy (non-hydrogen) atoms. The van der Waals surface area contributed by atoms with Crippen LogP contribution in [0.15, 0.2) is 30.3 Å². The van der Waals surface area contributed by atoms with Gasteiger partial charge in [-0.2, -0.15) is 0 Å². The molecule has 0 aliphatic carbocycles. The predicted octanol–water partition coefficient (Wildman–Crippen LogP) is 2.35. The Hall–Kier alpha value is -2.21. The summed E-state index contributed by atoms with van der Waals surface area (Å²) in [6, 6.07) is 9.89. The summed E-state index contributed by atoms with van der Waals surface area (Å²) in [4.78, 5) is 14.4. The summed E-state index contributed by atoms with van der Waals surface area (Å²) in [6.07, 6.45) is -0.468. The van der Waals surface area contributed by atoms with E-state index in [-0.39, 0.29) is 5.91 Å². The average molecular weight is 328 g/mol. The second kappa shape index (κ2) is 7.13. The molecule has 2 aromatic rings. The fourth-order valence-electron chi connectivity index (χ4n) is 2.92. The number of hydrogen-bond donors (Lipinski definition) is 0. The molecule has 0 saturated carbocycles. The van der Waals surface area contributed by atoms with Crippen molar-refractivity contribution >= 4 is 5.91 Å². The van der Waals surface area contributed by atoms with E-state index in [2.05, 4.69) is 28.6 Å². The summed E-state index contributed by atoms with van der Waals surface area (Å²) in [5.74, 6) is 2.19. The topological polar surface area (TPSA) is 60.2 Å². The van der Waals surface area contributed by atoms with Gasteiger partial charge in [0, 0.05) is 19.0 Å². The molecule has 0 fully saturated rings. The van der Waals surface area contributed by atoms with Crippen molar-refractivity contribution in [1.29, 1.82) is 0 Å². The van der Waals surface area contributed by atoms with E-state index in [0.29, 0.717) is 25.6 Å². The van der Waals surface area contributed by atoms with Crippen molar-refractivity contribution in [2.24, 2.45) is 0 Å². The molecule has 0 N–H and O–H groups in total. The molecule has 6 nitrogen and oxygen atoms in total. The molecule has 1 atom stereocenters. The number of carbonyl (C=O) groups is 1. The number of hydrogen-bond acceptors (Lipinski definition) is 4. The van der Waals surface area contributed by atoms with Gasteiger partial charge >= 0.3 is 0 Å². The van der Waals surface area contributed by atoms with Crippen LogP contribution in [0.5, 0.6) is 0 Å². The molecule has 2 heterocycles. The van der Waals surface area contributed by atoms with E-state index in [1.54, 1.807) is 0 Å². The third kappa shape index (κ3) is 3.48. The first-order valence-corrected chi connectivity index (χ1v) is 8.42. The largest absolute Gasteiger partial charge is 0.364 e. The van der Waals surface area contributed by atoms with Crippen LogP contribution in [-0.4, -0.2) is 38.2 Å². The van der Waals surface area contributed by atoms with Gasteiger partial charge < -0.3 is 14.2 Å². The van der Waals surface area contributed by atoms with Crippen molar-refractivity contribution in [2.45, 2.75) is 52.5 Å². The summed E-state index contributed by atoms with van der Waals surface area (Å²) < 4.78 is 7.87. The summed E-state index contributed by atoms with van der Waals surface area (Å²) in [7, 11) is 0. The number of nitrogens with zero attached hydrogens (tertiary/aromatic N) is 4. The molecular formula is C18H24N4O2. The van der Waals surface area contributed by atoms with Gasteiger partial charge in [-0.15, -0.1) is 10.2 Å². The minimum absolute atomic E-state index is 0.00581. The van der Waals surface area contributed by atoms with Crippen molar-refractivity contribution < 1.29 is 9.53 Å². The highest BCUT2D eigenvalue weighted by Gasteiger charge is 2.28. The molecule has 1 amide bonds. The van der Waals surface area contributed by atoms with Gasteiger partial charge in [0.1, 0.15) is 11.9 Å². The van der Waals surface area contributed by atoms with E-state index in [0.717, 1.165) is 23.8 Å². The van der Waals surface area contributed by atoms with Crippen molar-refractivity contribution in [3.8, 4) is 0 Å². The Balaban J connectivity index is 1.59. The Morgan fingerprint density at radius 3 is 2.62 bits per heavy atom. The number of carbonyl (C=O) groups excluding carboxylic acids is 1. The fourth-order valence-corrected chi connectivity index (χ4v) is 2.92. The molecule has 0 spiro atoms. The van der Waals surface area contributed by atoms with Gasteiger partial charge in [-0.05, 0) is 12.5 Å². The molecule has 0 radical (unpaired) electrons. The molecule has 6 heteroatoms. The first kappa shape index (κ1) is 16.6. The van der Waals surface area contributed by atoms with Crippen LogP contribution in [0.25, 0.3) is 0 Å². The smallest absolute Gasteiger partial charge is 0.251 e. The molecule has 1 aliphatic heterocycles. The number of amides is 1. The maximum atomic E-state index is 12.6. The standard InChI is InChI=1S/C18H24N4O2/c1-13(2)17-20-19-16-11-21(9-10-22(16)17)18(23)14(3)24-12-15-7-5-4-6-8-15/h4-8,13-14H,9-12H2,1-3H3/t14-/m0/s1. The quantitative estimate of drug-likeness (QED) is 0.845. The van der Waals surface area contributed by atoms with Gasteiger partial charge in [-0.1, -0.05) is 44.2 Å². The van der Waals surface area contributed by atoms with Gasteiger partial charge in [0.2, 0.25) is 0 Å². The molecule has 3 rings (SSSR count). The Morgan fingerprint density at radius 1 is 1.17 bits per heavy atom. The third-order valence-electron chi connectivity index (χ3n) is 4.30. The van der Waals surface area contributed by atoms with Crippen LogP contribution in [0.4, 0.5) is 0 Å². The van der Waals surface area contributed by atoms with E-state index >= 15 is 0 Å². The highest BCUT2D eigenvalue weighted by Crippen LogP contribution is 2.19. The minimum atomic E-state index is -0.468. The van der Waals surface area contributed by atoms with Gasteiger partial charge in [-0.3, -0.25) is 4.79 Å². The minimum Gasteiger partial charge on any atom is -0.364 e. The first-order valence-electron chi connectivity index (χ1n) is 8.42. The highest BCUT2D eigenvalue weighted by atomic mass is 16.5. The Kier molecular flexibility index (Phi) is 4.94. The van der Waals surface area contributed by atoms with Crippen LogP contribution < -0.4 is 0 Å². The lowest BCUT2D eigenvalue weighted by atomic mass is 10.2. The van der Waals surface area contributed by atoms with E-state index < -0.39 is 6.10 Å². The second-order valence-electron chi connectivity index (χ2n) is 6.48. The normalized spacial score (nSPS) is 15.4. The van der Waals surface area contributed by atoms with Crippen LogP contribution in [0.3, 0.4) is 0 Å². The summed E-state index contributed by atoms with van der Waals surface area (Å²) in [5, 5.41) is 8.50. The Labute approximate surface area is 142 Å². The first-order chi connectivity index (χ1) is 11.6. The predicted molar refractivity (Wildman–Crippen MR) is 90.2 cm³/mol. The van der Waals surface area contributed by atoms with Gasteiger partial charge in [0.25, 0.3) is 5.91 Å². The van der Waals surface area contributed by atoms with Gasteiger partial charge in [0.15, 0.2) is 5.82 Å². The average Bonchev–Trinajstić information content (AvgIpc) is 3.03. The van der Waals surface area contributed by atoms with E-state index in [4.69, 9.17) is 4.74 Å². The second-order valence-corrected chi connectivity index (χ2v) is 6.48. The molecule has 0 bridgehead atoms. The molecule has 128 valence electrons. The summed E-state index contributed by atoms with van der Waals surface area (Å²) in [5.41, 5.74) is 1.07. The maximum Gasteiger partial charge on any atom is 0.251 e. The van der Waals surface area contributed by atoms with Gasteiger partial charge in [-0.25, -0.2) is 0 Å². The van der Waals surface area contributed by atoms with E-state index in [1.165, 1.54) is 0 Å². The lowest BCUT2D eigenvalue weighted by molar-refractivity contribution is -0.145. The maximum absolute atomic E-state index is 12.6. The number of benzene rings is 1. The van der Waals surface area contributed by atoms with E-state index in [1.807, 2.05) is 42.2 Å². The Morgan fingerprint density at radius 2 is 1.92 bits per heavy atom. The third-order valence-corrected chi connectivity index (χ3v) is 4.30. The zero-order valence-electron chi connectivity index (χ0n) is 14.5. The SMILES string of the molecule is CC(C)c1nnc2n1CCN(C(=O)[C@H](C)OCc1ccccc1)C2. The molecule has 0 unspecified atom stereocenters. The molecular weight excluding hydrogens is 304 g/mol. The Bertz CT molecular complexity index is 696. The lowest BCUT2D eigenvalue weighted by Crippen LogP contribution is -2.43. The van der Waals surface area contributed by atoms with E-state index in [9.17, 15) is 4.79 Å². The zero-order chi connectivity index (χ0) is 17.1. The van der Waals surface area contributed by atoms with Crippen LogP contribution in [0.2, 0.25) is 0 Å². The molecule has 0 saturated heterocycles. The number of ether oxygens (including phenoxy) is 1. The van der Waals surface area contributed by atoms with Crippen molar-refractivity contribution in [3.63, 3.8) is 0 Å². The molecule has 1 aromatic carbocycles. The van der Waals surface area contributed by atoms with Crippen molar-refractivity contribution in [2.75, 3.05) is 6.54 Å². The van der Waals surface area contributed by atoms with Crippen LogP contribution in [0, 0.1) is 0 Å². The molecule has 1 aliphatic rings. The van der Waals surface area contributed by atoms with Crippen LogP contribution in [0.1, 0.15) is 43.9 Å². The summed E-state index contributed by atoms with van der Waals surface area (Å²) in [6.45, 7) is 8.37. The fraction of sp³-hybridized carbons (Fsp3) is 0.500. The van der Waals surface area contributed by atoms with Crippen molar-refractivity contribution in [3.05, 3.63) is 47.5 Å². The summed E-state index contributed by atoms with van der Waals surface area (Å²) >= 11 is 0. The number of rotatable bonds is 5. The van der Waals surface area contributed by atoms with Crippen molar-refractivity contribution in [1.82, 2.24) is 19.7 Å². The molecule has 1 aromatic heterocycles. The number of fused-ring (bicyclic) bond motifs is 1. The van der Waals surface area contributed by atoms with Gasteiger partial charge in [0.05, 0.1) is 13.2 Å². The number of aromatic nitrogens is 3. The zero-order valence-corrected chi connectivity index (χ0v) is 14.5. The van der Waals surface area contributed by atoms with Crippen LogP contribution >= 0.6 is 0 Å². The van der Waals surface area contributed by atoms with Crippen LogP contribution in [-0.2, 0) is 29.2 Å².